The smallest absolute Gasteiger partial charge is 0.0361 e. The SMILES string of the molecule is CCCC=P(C)(C)C=NCC. The molecule has 0 aromatic heterocycles. The molecule has 11 heavy (non-hydrogen) atoms. The summed E-state index contributed by atoms with van der Waals surface area (Å²) in [5.41, 5.74) is 0. The van der Waals surface area contributed by atoms with Crippen LogP contribution in [0.5, 0.6) is 0 Å². The molecule has 0 saturated carbocycles. The van der Waals surface area contributed by atoms with Gasteiger partial charge in [0, 0.05) is 12.5 Å². The zero-order chi connectivity index (χ0) is 8.74. The van der Waals surface area contributed by atoms with E-state index in [1.807, 2.05) is 0 Å². The van der Waals surface area contributed by atoms with E-state index in [9.17, 15) is 0 Å². The second-order valence-corrected chi connectivity index (χ2v) is 7.07. The Kier molecular flexibility index (Phi) is 5.58. The van der Waals surface area contributed by atoms with Crippen molar-refractivity contribution in [1.82, 2.24) is 0 Å². The lowest BCUT2D eigenvalue weighted by Crippen LogP contribution is -1.85. The lowest BCUT2D eigenvalue weighted by molar-refractivity contribution is 1.02. The predicted molar refractivity (Wildman–Crippen MR) is 58.8 cm³/mol. The molecule has 0 amide bonds. The van der Waals surface area contributed by atoms with Crippen LogP contribution in [0.3, 0.4) is 0 Å². The minimum absolute atomic E-state index is 0.892. The zero-order valence-electron chi connectivity index (χ0n) is 8.17. The lowest BCUT2D eigenvalue weighted by atomic mass is 10.4. The molecule has 0 unspecified atom stereocenters. The van der Waals surface area contributed by atoms with E-state index in [-0.39, 0.29) is 0 Å². The maximum atomic E-state index is 4.29. The maximum Gasteiger partial charge on any atom is 0.0361 e. The van der Waals surface area contributed by atoms with E-state index in [0.29, 0.717) is 0 Å². The van der Waals surface area contributed by atoms with Crippen LogP contribution in [0, 0.1) is 0 Å². The molecule has 0 spiro atoms. The van der Waals surface area contributed by atoms with Gasteiger partial charge < -0.3 is 0 Å². The zero-order valence-corrected chi connectivity index (χ0v) is 9.06. The lowest BCUT2D eigenvalue weighted by Gasteiger charge is -2.07. The van der Waals surface area contributed by atoms with Gasteiger partial charge in [0.2, 0.25) is 0 Å². The molecule has 1 nitrogen and oxygen atoms in total. The van der Waals surface area contributed by atoms with E-state index in [4.69, 9.17) is 0 Å². The summed E-state index contributed by atoms with van der Waals surface area (Å²) in [7, 11) is 0. The van der Waals surface area contributed by atoms with Gasteiger partial charge in [0.15, 0.2) is 0 Å². The number of hydrogen-bond donors (Lipinski definition) is 0. The Labute approximate surface area is 70.9 Å². The van der Waals surface area contributed by atoms with Crippen molar-refractivity contribution in [1.29, 1.82) is 0 Å². The Balaban J connectivity index is 4.08. The van der Waals surface area contributed by atoms with Crippen LogP contribution in [-0.2, 0) is 0 Å². The molecule has 66 valence electrons. The first-order valence-electron chi connectivity index (χ1n) is 4.31. The van der Waals surface area contributed by atoms with E-state index in [0.717, 1.165) is 6.54 Å². The molecule has 0 atom stereocenters. The minimum Gasteiger partial charge on any atom is -0.293 e. The second kappa shape index (κ2) is 5.60. The summed E-state index contributed by atoms with van der Waals surface area (Å²) < 4.78 is 0. The molecule has 0 bridgehead atoms. The molecule has 2 heteroatoms. The fraction of sp³-hybridized carbons (Fsp3) is 0.778. The van der Waals surface area contributed by atoms with Gasteiger partial charge >= 0.3 is 0 Å². The second-order valence-electron chi connectivity index (χ2n) is 3.21. The summed E-state index contributed by atoms with van der Waals surface area (Å²) >= 11 is 0. The van der Waals surface area contributed by atoms with Gasteiger partial charge in [0.25, 0.3) is 0 Å². The highest BCUT2D eigenvalue weighted by atomic mass is 31.2. The van der Waals surface area contributed by atoms with Gasteiger partial charge in [-0.1, -0.05) is 26.0 Å². The van der Waals surface area contributed by atoms with Crippen LogP contribution < -0.4 is 0 Å². The van der Waals surface area contributed by atoms with Crippen molar-refractivity contribution in [2.24, 2.45) is 4.99 Å². The quantitative estimate of drug-likeness (QED) is 0.458. The molecule has 0 aromatic rings. The fourth-order valence-electron chi connectivity index (χ4n) is 0.801. The molecule has 0 aliphatic heterocycles. The first kappa shape index (κ1) is 11.0. The van der Waals surface area contributed by atoms with Crippen LogP contribution in [0.2, 0.25) is 0 Å². The monoisotopic (exact) mass is 173 g/mol. The van der Waals surface area contributed by atoms with Gasteiger partial charge in [-0.2, -0.15) is 0 Å². The molecular weight excluding hydrogens is 153 g/mol. The van der Waals surface area contributed by atoms with Crippen molar-refractivity contribution in [3.63, 3.8) is 0 Å². The molecule has 0 aliphatic rings. The third kappa shape index (κ3) is 6.37. The normalized spacial score (nSPS) is 12.4. The van der Waals surface area contributed by atoms with E-state index in [1.165, 1.54) is 12.8 Å². The molecule has 0 saturated heterocycles. The number of aliphatic imine (C=N–C) groups is 1. The van der Waals surface area contributed by atoms with Crippen molar-refractivity contribution < 1.29 is 0 Å². The van der Waals surface area contributed by atoms with Crippen molar-refractivity contribution in [2.75, 3.05) is 19.9 Å². The van der Waals surface area contributed by atoms with Gasteiger partial charge in [-0.3, -0.25) is 4.99 Å². The summed E-state index contributed by atoms with van der Waals surface area (Å²) in [6, 6.07) is 0. The predicted octanol–water partition coefficient (Wildman–Crippen LogP) is 2.91. The fourth-order valence-corrected chi connectivity index (χ4v) is 2.40. The van der Waals surface area contributed by atoms with Crippen molar-refractivity contribution >= 4 is 18.6 Å². The Hall–Kier alpha value is -0.0300. The van der Waals surface area contributed by atoms with Crippen LogP contribution in [0.4, 0.5) is 0 Å². The average molecular weight is 173 g/mol. The average Bonchev–Trinajstić information content (AvgIpc) is 1.97. The van der Waals surface area contributed by atoms with Crippen molar-refractivity contribution in [2.45, 2.75) is 26.7 Å². The molecule has 0 heterocycles. The first-order chi connectivity index (χ1) is 5.12. The topological polar surface area (TPSA) is 12.4 Å². The van der Waals surface area contributed by atoms with Crippen LogP contribution in [-0.4, -0.2) is 31.6 Å². The van der Waals surface area contributed by atoms with E-state index in [2.05, 4.69) is 43.9 Å². The summed E-state index contributed by atoms with van der Waals surface area (Å²) in [6.07, 6.45) is 2.49. The summed E-state index contributed by atoms with van der Waals surface area (Å²) in [5.74, 6) is 4.59. The molecular formula is C9H20NP. The Bertz CT molecular complexity index is 164. The molecule has 0 aliphatic carbocycles. The Morgan fingerprint density at radius 1 is 1.27 bits per heavy atom. The third-order valence-corrected chi connectivity index (χ3v) is 3.41. The highest BCUT2D eigenvalue weighted by molar-refractivity contribution is 7.86. The Morgan fingerprint density at radius 2 is 1.91 bits per heavy atom. The van der Waals surface area contributed by atoms with E-state index < -0.39 is 6.89 Å². The molecule has 0 aromatic carbocycles. The van der Waals surface area contributed by atoms with E-state index >= 15 is 0 Å². The number of rotatable bonds is 4. The standard InChI is InChI=1S/C9H20NP/c1-5-7-8-11(3,4)9-10-6-2/h8-9H,5-7H2,1-4H3. The van der Waals surface area contributed by atoms with Gasteiger partial charge in [-0.25, -0.2) is 0 Å². The van der Waals surface area contributed by atoms with Crippen LogP contribution >= 0.6 is 6.89 Å². The highest BCUT2D eigenvalue weighted by Gasteiger charge is 1.95. The van der Waals surface area contributed by atoms with Crippen molar-refractivity contribution in [3.05, 3.63) is 0 Å². The van der Waals surface area contributed by atoms with Gasteiger partial charge in [-0.05, 0) is 26.7 Å². The van der Waals surface area contributed by atoms with E-state index in [1.54, 1.807) is 0 Å². The van der Waals surface area contributed by atoms with Gasteiger partial charge in [0.05, 0.1) is 0 Å². The highest BCUT2D eigenvalue weighted by Crippen LogP contribution is 2.34. The Morgan fingerprint density at radius 3 is 2.36 bits per heavy atom. The number of hydrogen-bond acceptors (Lipinski definition) is 1. The first-order valence-corrected chi connectivity index (χ1v) is 7.13. The van der Waals surface area contributed by atoms with Crippen LogP contribution in [0.25, 0.3) is 0 Å². The summed E-state index contributed by atoms with van der Waals surface area (Å²) in [4.78, 5) is 4.29. The largest absolute Gasteiger partial charge is 0.293 e. The van der Waals surface area contributed by atoms with Gasteiger partial charge in [-0.15, -0.1) is 0 Å². The molecule has 0 radical (unpaired) electrons. The van der Waals surface area contributed by atoms with Gasteiger partial charge in [0.1, 0.15) is 0 Å². The summed E-state index contributed by atoms with van der Waals surface area (Å²) in [6.45, 7) is 8.94. The summed E-state index contributed by atoms with van der Waals surface area (Å²) in [5, 5.41) is 0. The third-order valence-electron chi connectivity index (χ3n) is 1.45. The molecule has 0 rings (SSSR count). The van der Waals surface area contributed by atoms with Crippen LogP contribution in [0.15, 0.2) is 4.99 Å². The number of unbranched alkanes of at least 4 members (excludes halogenated alkanes) is 1. The minimum atomic E-state index is -0.892. The maximum absolute atomic E-state index is 4.29. The van der Waals surface area contributed by atoms with Crippen LogP contribution in [0.1, 0.15) is 26.7 Å². The molecule has 0 N–H and O–H groups in total. The van der Waals surface area contributed by atoms with Crippen molar-refractivity contribution in [3.8, 4) is 0 Å². The number of nitrogens with zero attached hydrogens (tertiary/aromatic N) is 1. The molecule has 0 fully saturated rings.